The predicted octanol–water partition coefficient (Wildman–Crippen LogP) is 2.16. The third-order valence-corrected chi connectivity index (χ3v) is 8.11. The summed E-state index contributed by atoms with van der Waals surface area (Å²) in [6.07, 6.45) is 2.31. The number of methoxy groups -OCH3 is 1. The molecule has 0 saturated carbocycles. The first-order valence-electron chi connectivity index (χ1n) is 14.6. The number of likely N-dealkylation sites (tertiary alicyclic amines) is 1. The summed E-state index contributed by atoms with van der Waals surface area (Å²) in [6, 6.07) is 10.9. The molecule has 3 amide bonds. The molecule has 2 aliphatic rings. The van der Waals surface area contributed by atoms with Gasteiger partial charge in [-0.2, -0.15) is 5.10 Å². The lowest BCUT2D eigenvalue weighted by atomic mass is 9.88. The van der Waals surface area contributed by atoms with Crippen LogP contribution in [0.4, 0.5) is 5.82 Å². The molecular formula is C31H39N7O5. The Kier molecular flexibility index (Phi) is 9.13. The van der Waals surface area contributed by atoms with Crippen molar-refractivity contribution in [1.82, 2.24) is 29.9 Å². The highest BCUT2D eigenvalue weighted by Gasteiger charge is 2.40. The van der Waals surface area contributed by atoms with Crippen molar-refractivity contribution in [3.05, 3.63) is 65.1 Å². The second kappa shape index (κ2) is 13.1. The van der Waals surface area contributed by atoms with Crippen LogP contribution in [-0.2, 0) is 16.1 Å². The maximum absolute atomic E-state index is 13.5. The number of ether oxygens (including phenoxy) is 2. The van der Waals surface area contributed by atoms with Crippen LogP contribution < -0.4 is 20.5 Å². The zero-order valence-electron chi connectivity index (χ0n) is 24.9. The maximum Gasteiger partial charge on any atom is 0.255 e. The van der Waals surface area contributed by atoms with Gasteiger partial charge in [-0.3, -0.25) is 19.1 Å². The van der Waals surface area contributed by atoms with Gasteiger partial charge in [0.15, 0.2) is 11.5 Å². The molecule has 2 atom stereocenters. The molecule has 0 aliphatic carbocycles. The summed E-state index contributed by atoms with van der Waals surface area (Å²) in [4.78, 5) is 47.6. The number of carbonyl (C=O) groups excluding carboxylic acids is 3. The van der Waals surface area contributed by atoms with Crippen LogP contribution in [0.25, 0.3) is 0 Å². The van der Waals surface area contributed by atoms with Gasteiger partial charge in [-0.1, -0.05) is 6.07 Å². The van der Waals surface area contributed by atoms with Crippen molar-refractivity contribution in [3.63, 3.8) is 0 Å². The average Bonchev–Trinajstić information content (AvgIpc) is 3.59. The summed E-state index contributed by atoms with van der Waals surface area (Å²) in [5.74, 6) is 0.451. The molecule has 1 fully saturated rings. The summed E-state index contributed by atoms with van der Waals surface area (Å²) in [7, 11) is 1.57. The molecule has 1 saturated heterocycles. The molecule has 0 spiro atoms. The molecule has 43 heavy (non-hydrogen) atoms. The van der Waals surface area contributed by atoms with Crippen molar-refractivity contribution in [2.75, 3.05) is 52.2 Å². The molecule has 1 aromatic carbocycles. The number of hydrogen-bond donors (Lipinski definition) is 2. The fraction of sp³-hybridized carbons (Fsp3) is 0.452. The number of fused-ring (bicyclic) bond motifs is 4. The van der Waals surface area contributed by atoms with Crippen molar-refractivity contribution < 1.29 is 23.9 Å². The van der Waals surface area contributed by atoms with Crippen LogP contribution in [-0.4, -0.2) is 88.7 Å². The van der Waals surface area contributed by atoms with Crippen molar-refractivity contribution in [1.29, 1.82) is 0 Å². The maximum atomic E-state index is 13.5. The molecule has 12 heteroatoms. The summed E-state index contributed by atoms with van der Waals surface area (Å²) < 4.78 is 13.5. The van der Waals surface area contributed by atoms with Gasteiger partial charge in [0.2, 0.25) is 11.8 Å². The van der Waals surface area contributed by atoms with E-state index in [2.05, 4.69) is 15.4 Å². The van der Waals surface area contributed by atoms with E-state index in [4.69, 9.17) is 15.2 Å². The van der Waals surface area contributed by atoms with Gasteiger partial charge in [0.25, 0.3) is 5.91 Å². The van der Waals surface area contributed by atoms with Crippen LogP contribution in [0.1, 0.15) is 46.1 Å². The summed E-state index contributed by atoms with van der Waals surface area (Å²) in [5.41, 5.74) is 8.94. The Balaban J connectivity index is 1.34. The number of anilines is 1. The summed E-state index contributed by atoms with van der Waals surface area (Å²) >= 11 is 0. The van der Waals surface area contributed by atoms with E-state index in [0.29, 0.717) is 75.0 Å². The van der Waals surface area contributed by atoms with E-state index in [1.54, 1.807) is 29.0 Å². The minimum atomic E-state index is -0.430. The van der Waals surface area contributed by atoms with Gasteiger partial charge < -0.3 is 30.3 Å². The fourth-order valence-corrected chi connectivity index (χ4v) is 5.82. The second-order valence-electron chi connectivity index (χ2n) is 11.1. The number of hydrogen-bond acceptors (Lipinski definition) is 8. The van der Waals surface area contributed by atoms with E-state index in [-0.39, 0.29) is 30.2 Å². The van der Waals surface area contributed by atoms with E-state index in [1.807, 2.05) is 42.8 Å². The van der Waals surface area contributed by atoms with Crippen LogP contribution in [0.3, 0.4) is 0 Å². The van der Waals surface area contributed by atoms with E-state index < -0.39 is 5.92 Å². The van der Waals surface area contributed by atoms with Crippen molar-refractivity contribution in [2.45, 2.75) is 39.2 Å². The quantitative estimate of drug-likeness (QED) is 0.461. The normalized spacial score (nSPS) is 19.2. The molecule has 2 aliphatic heterocycles. The van der Waals surface area contributed by atoms with Gasteiger partial charge in [0, 0.05) is 57.0 Å². The van der Waals surface area contributed by atoms with Crippen LogP contribution in [0, 0.1) is 19.8 Å². The smallest absolute Gasteiger partial charge is 0.255 e. The van der Waals surface area contributed by atoms with Gasteiger partial charge in [-0.25, -0.2) is 4.98 Å². The standard InChI is InChI=1S/C31H39N7O5/c1-20-15-21(2)38(35-20)12-9-29(39)37-18-24-22-5-7-26(42-3)27(16-22)43-14-13-36(11-4-10-33-30(40)25(24)19-37)31(41)23-6-8-28(32)34-17-23/h5-8,15-17,24-25H,4,9-14,18-19H2,1-3H3,(H2,32,34)(H,33,40)/t24-,25+/m1/s1. The minimum absolute atomic E-state index is 0.0120. The Labute approximate surface area is 251 Å². The van der Waals surface area contributed by atoms with E-state index in [9.17, 15) is 14.4 Å². The zero-order valence-corrected chi connectivity index (χ0v) is 24.9. The highest BCUT2D eigenvalue weighted by atomic mass is 16.5. The van der Waals surface area contributed by atoms with E-state index in [1.165, 1.54) is 6.20 Å². The molecule has 0 radical (unpaired) electrons. The molecule has 3 N–H and O–H groups in total. The number of benzene rings is 1. The van der Waals surface area contributed by atoms with Crippen molar-refractivity contribution >= 4 is 23.5 Å². The van der Waals surface area contributed by atoms with Crippen molar-refractivity contribution in [3.8, 4) is 11.5 Å². The lowest BCUT2D eigenvalue weighted by Gasteiger charge is -2.25. The van der Waals surface area contributed by atoms with Crippen molar-refractivity contribution in [2.24, 2.45) is 5.92 Å². The first-order chi connectivity index (χ1) is 20.7. The summed E-state index contributed by atoms with van der Waals surface area (Å²) in [5, 5.41) is 7.52. The van der Waals surface area contributed by atoms with Gasteiger partial charge in [-0.15, -0.1) is 0 Å². The fourth-order valence-electron chi connectivity index (χ4n) is 5.82. The number of nitrogens with two attached hydrogens (primary N) is 1. The number of carbonyl (C=O) groups is 3. The minimum Gasteiger partial charge on any atom is -0.493 e. The van der Waals surface area contributed by atoms with Crippen LogP contribution in [0.2, 0.25) is 0 Å². The van der Waals surface area contributed by atoms with Gasteiger partial charge >= 0.3 is 0 Å². The molecule has 3 aromatic rings. The lowest BCUT2D eigenvalue weighted by molar-refractivity contribution is -0.131. The SMILES string of the molecule is COc1ccc2cc1OCCN(C(=O)c1ccc(N)nc1)CCCNC(=O)[C@H]1CN(C(=O)CCn3nc(C)cc3C)C[C@H]21. The number of nitrogen functional groups attached to an aromatic ring is 1. The Hall–Kier alpha value is -4.61. The number of nitrogens with zero attached hydrogens (tertiary/aromatic N) is 5. The number of aromatic nitrogens is 3. The Morgan fingerprint density at radius 2 is 1.91 bits per heavy atom. The molecule has 0 unspecified atom stereocenters. The first kappa shape index (κ1) is 29.9. The molecule has 4 heterocycles. The van der Waals surface area contributed by atoms with E-state index in [0.717, 1.165) is 17.0 Å². The molecule has 2 bridgehead atoms. The largest absolute Gasteiger partial charge is 0.493 e. The van der Waals surface area contributed by atoms with Crippen LogP contribution in [0.5, 0.6) is 11.5 Å². The van der Waals surface area contributed by atoms with Crippen LogP contribution in [0.15, 0.2) is 42.6 Å². The zero-order chi connectivity index (χ0) is 30.5. The van der Waals surface area contributed by atoms with Gasteiger partial charge in [-0.05, 0) is 56.2 Å². The number of rotatable bonds is 5. The molecule has 5 rings (SSSR count). The number of aryl methyl sites for hydroxylation is 3. The topological polar surface area (TPSA) is 145 Å². The highest BCUT2D eigenvalue weighted by Crippen LogP contribution is 2.38. The Morgan fingerprint density at radius 3 is 2.63 bits per heavy atom. The Morgan fingerprint density at radius 1 is 1.09 bits per heavy atom. The Bertz CT molecular complexity index is 1470. The first-order valence-corrected chi connectivity index (χ1v) is 14.6. The third-order valence-electron chi connectivity index (χ3n) is 8.11. The lowest BCUT2D eigenvalue weighted by Crippen LogP contribution is -2.39. The molecule has 228 valence electrons. The van der Waals surface area contributed by atoms with Crippen LogP contribution >= 0.6 is 0 Å². The number of nitrogens with one attached hydrogen (secondary N) is 1. The second-order valence-corrected chi connectivity index (χ2v) is 11.1. The van der Waals surface area contributed by atoms with Gasteiger partial charge in [0.1, 0.15) is 12.4 Å². The average molecular weight is 590 g/mol. The van der Waals surface area contributed by atoms with Gasteiger partial charge in [0.05, 0.1) is 30.8 Å². The number of pyridine rings is 1. The number of amides is 3. The molecule has 2 aromatic heterocycles. The monoisotopic (exact) mass is 589 g/mol. The predicted molar refractivity (Wildman–Crippen MR) is 160 cm³/mol. The molecular weight excluding hydrogens is 550 g/mol. The van der Waals surface area contributed by atoms with E-state index >= 15 is 0 Å². The highest BCUT2D eigenvalue weighted by molar-refractivity contribution is 5.94. The summed E-state index contributed by atoms with van der Waals surface area (Å²) in [6.45, 7) is 6.52. The molecule has 12 nitrogen and oxygen atoms in total. The third kappa shape index (κ3) is 6.90.